The van der Waals surface area contributed by atoms with E-state index in [4.69, 9.17) is 9.47 Å². The summed E-state index contributed by atoms with van der Waals surface area (Å²) >= 11 is 3.39. The fraction of sp³-hybridized carbons (Fsp3) is 0.235. The number of carbonyl (C=O) groups is 1. The van der Waals surface area contributed by atoms with E-state index in [-0.39, 0.29) is 5.91 Å². The second-order valence-corrected chi connectivity index (χ2v) is 5.49. The first-order valence-electron chi connectivity index (χ1n) is 7.05. The lowest BCUT2D eigenvalue weighted by Gasteiger charge is -2.15. The molecule has 2 rings (SSSR count). The molecule has 1 atom stereocenters. The average molecular weight is 364 g/mol. The third kappa shape index (κ3) is 4.49. The lowest BCUT2D eigenvalue weighted by molar-refractivity contribution is -0.122. The average Bonchev–Trinajstić information content (AvgIpc) is 2.51. The highest BCUT2D eigenvalue weighted by Gasteiger charge is 2.16. The molecule has 0 unspecified atom stereocenters. The monoisotopic (exact) mass is 363 g/mol. The number of rotatable bonds is 6. The lowest BCUT2D eigenvalue weighted by Crippen LogP contribution is -2.30. The maximum absolute atomic E-state index is 12.2. The van der Waals surface area contributed by atoms with E-state index >= 15 is 0 Å². The summed E-state index contributed by atoms with van der Waals surface area (Å²) < 4.78 is 11.8. The molecular weight excluding hydrogens is 346 g/mol. The Morgan fingerprint density at radius 2 is 1.86 bits per heavy atom. The minimum absolute atomic E-state index is 0.208. The van der Waals surface area contributed by atoms with Crippen molar-refractivity contribution in [2.75, 3.05) is 11.9 Å². The Morgan fingerprint density at radius 3 is 2.50 bits per heavy atom. The van der Waals surface area contributed by atoms with Gasteiger partial charge in [-0.15, -0.1) is 0 Å². The topological polar surface area (TPSA) is 47.6 Å². The van der Waals surface area contributed by atoms with Crippen molar-refractivity contribution in [1.29, 1.82) is 0 Å². The minimum Gasteiger partial charge on any atom is -0.494 e. The Bertz CT molecular complexity index is 628. The highest BCUT2D eigenvalue weighted by Crippen LogP contribution is 2.25. The zero-order valence-electron chi connectivity index (χ0n) is 12.5. The number of para-hydroxylation sites is 1. The van der Waals surface area contributed by atoms with E-state index < -0.39 is 6.10 Å². The molecule has 0 aliphatic rings. The van der Waals surface area contributed by atoms with E-state index in [1.165, 1.54) is 0 Å². The van der Waals surface area contributed by atoms with Crippen LogP contribution >= 0.6 is 15.9 Å². The van der Waals surface area contributed by atoms with Gasteiger partial charge in [-0.25, -0.2) is 0 Å². The number of anilines is 1. The van der Waals surface area contributed by atoms with E-state index in [0.717, 1.165) is 10.2 Å². The van der Waals surface area contributed by atoms with Crippen LogP contribution < -0.4 is 14.8 Å². The molecule has 0 spiro atoms. The number of carbonyl (C=O) groups excluding carboxylic acids is 1. The first-order chi connectivity index (χ1) is 10.6. The first-order valence-corrected chi connectivity index (χ1v) is 7.84. The SMILES string of the molecule is CCOc1ccc(NC(=O)[C@H](C)Oc2ccccc2Br)cc1. The zero-order valence-corrected chi connectivity index (χ0v) is 14.1. The van der Waals surface area contributed by atoms with Gasteiger partial charge in [0.25, 0.3) is 5.91 Å². The third-order valence-electron chi connectivity index (χ3n) is 2.94. The van der Waals surface area contributed by atoms with Crippen LogP contribution in [0.1, 0.15) is 13.8 Å². The van der Waals surface area contributed by atoms with Crippen molar-refractivity contribution < 1.29 is 14.3 Å². The summed E-state index contributed by atoms with van der Waals surface area (Å²) in [5.41, 5.74) is 0.705. The maximum Gasteiger partial charge on any atom is 0.265 e. The van der Waals surface area contributed by atoms with E-state index in [1.54, 1.807) is 19.1 Å². The lowest BCUT2D eigenvalue weighted by atomic mass is 10.2. The van der Waals surface area contributed by atoms with Gasteiger partial charge in [-0.2, -0.15) is 0 Å². The van der Waals surface area contributed by atoms with Crippen LogP contribution in [-0.2, 0) is 4.79 Å². The van der Waals surface area contributed by atoms with E-state index in [1.807, 2.05) is 43.3 Å². The molecule has 0 heterocycles. The Morgan fingerprint density at radius 1 is 1.18 bits per heavy atom. The van der Waals surface area contributed by atoms with Gasteiger partial charge in [0.1, 0.15) is 11.5 Å². The quantitative estimate of drug-likeness (QED) is 0.834. The molecular formula is C17H18BrNO3. The van der Waals surface area contributed by atoms with Crippen LogP contribution in [0.4, 0.5) is 5.69 Å². The highest BCUT2D eigenvalue weighted by atomic mass is 79.9. The number of nitrogens with one attached hydrogen (secondary N) is 1. The maximum atomic E-state index is 12.2. The Kier molecular flexibility index (Phi) is 5.83. The fourth-order valence-electron chi connectivity index (χ4n) is 1.83. The van der Waals surface area contributed by atoms with Crippen molar-refractivity contribution in [3.63, 3.8) is 0 Å². The molecule has 0 fully saturated rings. The van der Waals surface area contributed by atoms with Crippen molar-refractivity contribution in [2.45, 2.75) is 20.0 Å². The molecule has 5 heteroatoms. The molecule has 0 saturated carbocycles. The summed E-state index contributed by atoms with van der Waals surface area (Å²) in [6.07, 6.45) is -0.606. The molecule has 0 aliphatic heterocycles. The molecule has 0 radical (unpaired) electrons. The molecule has 2 aromatic rings. The number of halogens is 1. The predicted octanol–water partition coefficient (Wildman–Crippen LogP) is 4.25. The molecule has 2 aromatic carbocycles. The molecule has 1 amide bonds. The van der Waals surface area contributed by atoms with Crippen LogP contribution in [0.5, 0.6) is 11.5 Å². The normalized spacial score (nSPS) is 11.6. The minimum atomic E-state index is -0.606. The van der Waals surface area contributed by atoms with Gasteiger partial charge in [-0.1, -0.05) is 12.1 Å². The first kappa shape index (κ1) is 16.4. The number of benzene rings is 2. The van der Waals surface area contributed by atoms with Gasteiger partial charge in [-0.3, -0.25) is 4.79 Å². The molecule has 0 saturated heterocycles. The fourth-order valence-corrected chi connectivity index (χ4v) is 2.21. The highest BCUT2D eigenvalue weighted by molar-refractivity contribution is 9.10. The van der Waals surface area contributed by atoms with Crippen molar-refractivity contribution in [1.82, 2.24) is 0 Å². The molecule has 116 valence electrons. The predicted molar refractivity (Wildman–Crippen MR) is 90.5 cm³/mol. The number of amides is 1. The second-order valence-electron chi connectivity index (χ2n) is 4.64. The van der Waals surface area contributed by atoms with E-state index in [0.29, 0.717) is 18.0 Å². The molecule has 0 aliphatic carbocycles. The number of ether oxygens (including phenoxy) is 2. The molecule has 0 aromatic heterocycles. The largest absolute Gasteiger partial charge is 0.494 e. The van der Waals surface area contributed by atoms with Crippen LogP contribution in [0, 0.1) is 0 Å². The van der Waals surface area contributed by atoms with Gasteiger partial charge in [0.15, 0.2) is 6.10 Å². The summed E-state index contributed by atoms with van der Waals surface area (Å²) in [5.74, 6) is 1.20. The Labute approximate surface area is 138 Å². The van der Waals surface area contributed by atoms with Gasteiger partial charge >= 0.3 is 0 Å². The van der Waals surface area contributed by atoms with Crippen LogP contribution in [0.25, 0.3) is 0 Å². The van der Waals surface area contributed by atoms with Gasteiger partial charge in [0.2, 0.25) is 0 Å². The summed E-state index contributed by atoms with van der Waals surface area (Å²) in [7, 11) is 0. The summed E-state index contributed by atoms with van der Waals surface area (Å²) in [6.45, 7) is 4.25. The number of hydrogen-bond acceptors (Lipinski definition) is 3. The summed E-state index contributed by atoms with van der Waals surface area (Å²) in [5, 5.41) is 2.82. The van der Waals surface area contributed by atoms with Gasteiger partial charge in [0.05, 0.1) is 11.1 Å². The van der Waals surface area contributed by atoms with E-state index in [2.05, 4.69) is 21.2 Å². The van der Waals surface area contributed by atoms with Crippen LogP contribution in [-0.4, -0.2) is 18.6 Å². The summed E-state index contributed by atoms with van der Waals surface area (Å²) in [6, 6.07) is 14.7. The molecule has 0 bridgehead atoms. The number of hydrogen-bond donors (Lipinski definition) is 1. The zero-order chi connectivity index (χ0) is 15.9. The van der Waals surface area contributed by atoms with Gasteiger partial charge in [0, 0.05) is 5.69 Å². The standard InChI is InChI=1S/C17H18BrNO3/c1-3-21-14-10-8-13(9-11-14)19-17(20)12(2)22-16-7-5-4-6-15(16)18/h4-12H,3H2,1-2H3,(H,19,20)/t12-/m0/s1. The van der Waals surface area contributed by atoms with Gasteiger partial charge < -0.3 is 14.8 Å². The summed E-state index contributed by atoms with van der Waals surface area (Å²) in [4.78, 5) is 12.2. The molecule has 1 N–H and O–H groups in total. The van der Waals surface area contributed by atoms with Crippen molar-refractivity contribution in [3.05, 3.63) is 53.0 Å². The third-order valence-corrected chi connectivity index (χ3v) is 3.60. The van der Waals surface area contributed by atoms with Crippen LogP contribution in [0.15, 0.2) is 53.0 Å². The second kappa shape index (κ2) is 7.84. The van der Waals surface area contributed by atoms with Crippen molar-refractivity contribution in [3.8, 4) is 11.5 Å². The Balaban J connectivity index is 1.95. The van der Waals surface area contributed by atoms with Crippen molar-refractivity contribution in [2.24, 2.45) is 0 Å². The molecule has 4 nitrogen and oxygen atoms in total. The smallest absolute Gasteiger partial charge is 0.265 e. The van der Waals surface area contributed by atoms with Crippen molar-refractivity contribution >= 4 is 27.5 Å². The van der Waals surface area contributed by atoms with Gasteiger partial charge in [-0.05, 0) is 66.2 Å². The molecule has 22 heavy (non-hydrogen) atoms. The van der Waals surface area contributed by atoms with Crippen LogP contribution in [0.2, 0.25) is 0 Å². The van der Waals surface area contributed by atoms with Crippen LogP contribution in [0.3, 0.4) is 0 Å². The van der Waals surface area contributed by atoms with E-state index in [9.17, 15) is 4.79 Å². The Hall–Kier alpha value is -2.01.